The highest BCUT2D eigenvalue weighted by Crippen LogP contribution is 2.25. The number of carboxylic acids is 1. The highest BCUT2D eigenvalue weighted by atomic mass is 16.4. The van der Waals surface area contributed by atoms with Crippen LogP contribution in [0.2, 0.25) is 0 Å². The summed E-state index contributed by atoms with van der Waals surface area (Å²) in [5.74, 6) is -1.59. The maximum Gasteiger partial charge on any atom is 0.335 e. The van der Waals surface area contributed by atoms with E-state index < -0.39 is 5.97 Å². The molecule has 1 atom stereocenters. The van der Waals surface area contributed by atoms with E-state index in [1.165, 1.54) is 12.1 Å². The van der Waals surface area contributed by atoms with Crippen LogP contribution in [0.4, 0.5) is 5.69 Å². The van der Waals surface area contributed by atoms with Crippen LogP contribution in [-0.2, 0) is 4.79 Å². The molecule has 5 heteroatoms. The summed E-state index contributed by atoms with van der Waals surface area (Å²) in [5.41, 5.74) is 0.194. The molecule has 1 unspecified atom stereocenters. The highest BCUT2D eigenvalue weighted by molar-refractivity contribution is 5.95. The minimum Gasteiger partial charge on any atom is -0.506 e. The van der Waals surface area contributed by atoms with E-state index >= 15 is 0 Å². The first-order chi connectivity index (χ1) is 8.32. The van der Waals surface area contributed by atoms with Gasteiger partial charge < -0.3 is 15.5 Å². The van der Waals surface area contributed by atoms with Gasteiger partial charge in [0.05, 0.1) is 11.3 Å². The fourth-order valence-electron chi connectivity index (χ4n) is 1.32. The Bertz CT molecular complexity index is 468. The third kappa shape index (κ3) is 3.23. The number of carboxylic acid groups (broad SMARTS) is 1. The van der Waals surface area contributed by atoms with Crippen LogP contribution in [0.3, 0.4) is 0 Å². The SMILES string of the molecule is CC(C)C(C)C(=O)Nc1ccc(C(=O)O)cc1O. The van der Waals surface area contributed by atoms with E-state index in [9.17, 15) is 14.7 Å². The van der Waals surface area contributed by atoms with Crippen molar-refractivity contribution in [3.8, 4) is 5.75 Å². The van der Waals surface area contributed by atoms with Crippen LogP contribution in [0.25, 0.3) is 0 Å². The Kier molecular flexibility index (Phi) is 4.31. The summed E-state index contributed by atoms with van der Waals surface area (Å²) in [6, 6.07) is 3.82. The quantitative estimate of drug-likeness (QED) is 0.717. The summed E-state index contributed by atoms with van der Waals surface area (Å²) in [7, 11) is 0. The van der Waals surface area contributed by atoms with E-state index in [0.717, 1.165) is 6.07 Å². The van der Waals surface area contributed by atoms with Crippen LogP contribution in [-0.4, -0.2) is 22.1 Å². The standard InChI is InChI=1S/C13H17NO4/c1-7(2)8(3)12(16)14-10-5-4-9(13(17)18)6-11(10)15/h4-8,15H,1-3H3,(H,14,16)(H,17,18). The van der Waals surface area contributed by atoms with Crippen LogP contribution in [0, 0.1) is 11.8 Å². The molecule has 1 aromatic rings. The Morgan fingerprint density at radius 2 is 1.83 bits per heavy atom. The molecule has 0 fully saturated rings. The minimum atomic E-state index is -1.13. The van der Waals surface area contributed by atoms with Gasteiger partial charge in [-0.15, -0.1) is 0 Å². The lowest BCUT2D eigenvalue weighted by Crippen LogP contribution is -2.24. The summed E-state index contributed by atoms with van der Waals surface area (Å²) in [6.45, 7) is 5.65. The molecule has 1 amide bonds. The van der Waals surface area contributed by atoms with Crippen molar-refractivity contribution >= 4 is 17.6 Å². The molecule has 0 aliphatic rings. The fourth-order valence-corrected chi connectivity index (χ4v) is 1.32. The van der Waals surface area contributed by atoms with Gasteiger partial charge in [0.25, 0.3) is 0 Å². The minimum absolute atomic E-state index is 0.0255. The first-order valence-corrected chi connectivity index (χ1v) is 5.70. The van der Waals surface area contributed by atoms with Gasteiger partial charge in [0.2, 0.25) is 5.91 Å². The second-order valence-corrected chi connectivity index (χ2v) is 4.56. The zero-order chi connectivity index (χ0) is 13.9. The van der Waals surface area contributed by atoms with Gasteiger partial charge in [-0.2, -0.15) is 0 Å². The topological polar surface area (TPSA) is 86.6 Å². The average Bonchev–Trinajstić information content (AvgIpc) is 2.30. The lowest BCUT2D eigenvalue weighted by Gasteiger charge is -2.16. The first-order valence-electron chi connectivity index (χ1n) is 5.70. The molecule has 0 spiro atoms. The number of phenolic OH excluding ortho intramolecular Hbond substituents is 1. The van der Waals surface area contributed by atoms with Crippen molar-refractivity contribution in [1.29, 1.82) is 0 Å². The van der Waals surface area contributed by atoms with E-state index in [2.05, 4.69) is 5.32 Å². The van der Waals surface area contributed by atoms with Crippen molar-refractivity contribution < 1.29 is 19.8 Å². The number of hydrogen-bond donors (Lipinski definition) is 3. The summed E-state index contributed by atoms with van der Waals surface area (Å²) in [6.07, 6.45) is 0. The molecule has 0 aliphatic carbocycles. The van der Waals surface area contributed by atoms with E-state index in [1.807, 2.05) is 13.8 Å². The normalized spacial score (nSPS) is 12.2. The average molecular weight is 251 g/mol. The van der Waals surface area contributed by atoms with Crippen molar-refractivity contribution in [2.24, 2.45) is 11.8 Å². The predicted molar refractivity (Wildman–Crippen MR) is 67.7 cm³/mol. The first kappa shape index (κ1) is 14.0. The smallest absolute Gasteiger partial charge is 0.335 e. The largest absolute Gasteiger partial charge is 0.506 e. The van der Waals surface area contributed by atoms with Crippen LogP contribution in [0.15, 0.2) is 18.2 Å². The number of aromatic hydroxyl groups is 1. The second-order valence-electron chi connectivity index (χ2n) is 4.56. The molecule has 0 bridgehead atoms. The van der Waals surface area contributed by atoms with Crippen molar-refractivity contribution in [1.82, 2.24) is 0 Å². The number of aromatic carboxylic acids is 1. The van der Waals surface area contributed by atoms with E-state index in [4.69, 9.17) is 5.11 Å². The molecule has 5 nitrogen and oxygen atoms in total. The van der Waals surface area contributed by atoms with Crippen LogP contribution >= 0.6 is 0 Å². The lowest BCUT2D eigenvalue weighted by molar-refractivity contribution is -0.120. The van der Waals surface area contributed by atoms with Crippen LogP contribution in [0.1, 0.15) is 31.1 Å². The number of nitrogens with one attached hydrogen (secondary N) is 1. The molecule has 1 aromatic carbocycles. The second kappa shape index (κ2) is 5.53. The van der Waals surface area contributed by atoms with Gasteiger partial charge in [-0.3, -0.25) is 4.79 Å². The molecule has 0 radical (unpaired) electrons. The number of rotatable bonds is 4. The van der Waals surface area contributed by atoms with Crippen molar-refractivity contribution in [3.63, 3.8) is 0 Å². The number of carbonyl (C=O) groups excluding carboxylic acids is 1. The molecule has 0 saturated heterocycles. The van der Waals surface area contributed by atoms with Gasteiger partial charge in [0.15, 0.2) is 0 Å². The van der Waals surface area contributed by atoms with Gasteiger partial charge in [0.1, 0.15) is 5.75 Å². The number of benzene rings is 1. The Morgan fingerprint density at radius 3 is 2.28 bits per heavy atom. The van der Waals surface area contributed by atoms with Gasteiger partial charge in [-0.1, -0.05) is 20.8 Å². The number of phenols is 1. The Labute approximate surface area is 105 Å². The Hall–Kier alpha value is -2.04. The molecule has 18 heavy (non-hydrogen) atoms. The van der Waals surface area contributed by atoms with E-state index in [0.29, 0.717) is 0 Å². The fraction of sp³-hybridized carbons (Fsp3) is 0.385. The number of amides is 1. The lowest BCUT2D eigenvalue weighted by atomic mass is 9.97. The molecule has 1 rings (SSSR count). The number of carbonyl (C=O) groups is 2. The summed E-state index contributed by atoms with van der Waals surface area (Å²) in [5, 5.41) is 21.0. The van der Waals surface area contributed by atoms with Crippen molar-refractivity contribution in [2.75, 3.05) is 5.32 Å². The maximum absolute atomic E-state index is 11.8. The molecule has 0 aromatic heterocycles. The molecule has 0 saturated carbocycles. The molecular formula is C13H17NO4. The summed E-state index contributed by atoms with van der Waals surface area (Å²) >= 11 is 0. The van der Waals surface area contributed by atoms with Crippen molar-refractivity contribution in [3.05, 3.63) is 23.8 Å². The third-order valence-corrected chi connectivity index (χ3v) is 2.92. The van der Waals surface area contributed by atoms with Crippen LogP contribution < -0.4 is 5.32 Å². The molecule has 98 valence electrons. The van der Waals surface area contributed by atoms with E-state index in [-0.39, 0.29) is 34.7 Å². The van der Waals surface area contributed by atoms with Gasteiger partial charge >= 0.3 is 5.97 Å². The molecule has 0 aliphatic heterocycles. The summed E-state index contributed by atoms with van der Waals surface area (Å²) < 4.78 is 0. The molecule has 0 heterocycles. The zero-order valence-corrected chi connectivity index (χ0v) is 10.6. The highest BCUT2D eigenvalue weighted by Gasteiger charge is 2.18. The zero-order valence-electron chi connectivity index (χ0n) is 10.6. The number of anilines is 1. The molecule has 3 N–H and O–H groups in total. The monoisotopic (exact) mass is 251 g/mol. The third-order valence-electron chi connectivity index (χ3n) is 2.92. The van der Waals surface area contributed by atoms with Crippen LogP contribution in [0.5, 0.6) is 5.75 Å². The van der Waals surface area contributed by atoms with E-state index in [1.54, 1.807) is 6.92 Å². The molecular weight excluding hydrogens is 234 g/mol. The maximum atomic E-state index is 11.8. The van der Waals surface area contributed by atoms with Crippen molar-refractivity contribution in [2.45, 2.75) is 20.8 Å². The Balaban J connectivity index is 2.86. The predicted octanol–water partition coefficient (Wildman–Crippen LogP) is 2.32. The number of hydrogen-bond acceptors (Lipinski definition) is 3. The summed E-state index contributed by atoms with van der Waals surface area (Å²) in [4.78, 5) is 22.5. The van der Waals surface area contributed by atoms with Gasteiger partial charge in [0, 0.05) is 5.92 Å². The Morgan fingerprint density at radius 1 is 1.22 bits per heavy atom. The van der Waals surface area contributed by atoms with Gasteiger partial charge in [-0.05, 0) is 24.1 Å². The van der Waals surface area contributed by atoms with Gasteiger partial charge in [-0.25, -0.2) is 4.79 Å².